The van der Waals surface area contributed by atoms with Gasteiger partial charge in [-0.25, -0.2) is 8.42 Å². The van der Waals surface area contributed by atoms with E-state index in [0.29, 0.717) is 4.88 Å². The van der Waals surface area contributed by atoms with Crippen LogP contribution in [0.2, 0.25) is 0 Å². The molecular formula is C11H15N3O3S2. The van der Waals surface area contributed by atoms with Crippen LogP contribution in [0.3, 0.4) is 0 Å². The van der Waals surface area contributed by atoms with Gasteiger partial charge < -0.3 is 4.90 Å². The molecule has 0 radical (unpaired) electrons. The summed E-state index contributed by atoms with van der Waals surface area (Å²) in [5.41, 5.74) is 0. The number of hydrogen-bond acceptors (Lipinski definition) is 5. The maximum atomic E-state index is 12.3. The number of nitriles is 1. The summed E-state index contributed by atoms with van der Waals surface area (Å²) in [4.78, 5) is 13.3. The van der Waals surface area contributed by atoms with Crippen molar-refractivity contribution in [3.05, 3.63) is 17.0 Å². The molecule has 0 aliphatic carbocycles. The highest BCUT2D eigenvalue weighted by Gasteiger charge is 2.27. The molecule has 1 aromatic heterocycles. The SMILES string of the molecule is CCN(CC(=O)N(C)C)S(=O)(=O)c1ccc(C#N)s1. The van der Waals surface area contributed by atoms with Crippen LogP contribution in [-0.4, -0.2) is 50.7 Å². The van der Waals surface area contributed by atoms with Crippen LogP contribution in [0.4, 0.5) is 0 Å². The number of thiophene rings is 1. The van der Waals surface area contributed by atoms with Gasteiger partial charge in [0.1, 0.15) is 15.2 Å². The Balaban J connectivity index is 3.03. The average molecular weight is 301 g/mol. The highest BCUT2D eigenvalue weighted by atomic mass is 32.2. The van der Waals surface area contributed by atoms with Gasteiger partial charge in [0.05, 0.1) is 6.54 Å². The topological polar surface area (TPSA) is 81.5 Å². The molecule has 0 aliphatic rings. The third-order valence-corrected chi connectivity index (χ3v) is 5.83. The summed E-state index contributed by atoms with van der Waals surface area (Å²) in [6.07, 6.45) is 0. The van der Waals surface area contributed by atoms with Crippen LogP contribution in [0.5, 0.6) is 0 Å². The summed E-state index contributed by atoms with van der Waals surface area (Å²) in [7, 11) is -0.573. The van der Waals surface area contributed by atoms with Crippen LogP contribution in [0, 0.1) is 11.3 Å². The number of nitrogens with zero attached hydrogens (tertiary/aromatic N) is 3. The van der Waals surface area contributed by atoms with E-state index in [1.807, 2.05) is 6.07 Å². The molecule has 1 rings (SSSR count). The minimum atomic E-state index is -3.72. The smallest absolute Gasteiger partial charge is 0.253 e. The van der Waals surface area contributed by atoms with E-state index >= 15 is 0 Å². The predicted molar refractivity (Wildman–Crippen MR) is 72.2 cm³/mol. The minimum Gasteiger partial charge on any atom is -0.348 e. The van der Waals surface area contributed by atoms with Gasteiger partial charge in [-0.3, -0.25) is 4.79 Å². The summed E-state index contributed by atoms with van der Waals surface area (Å²) < 4.78 is 25.8. The zero-order chi connectivity index (χ0) is 14.6. The first-order valence-corrected chi connectivity index (χ1v) is 7.78. The van der Waals surface area contributed by atoms with Gasteiger partial charge in [-0.2, -0.15) is 9.57 Å². The summed E-state index contributed by atoms with van der Waals surface area (Å²) in [6, 6.07) is 4.74. The van der Waals surface area contributed by atoms with E-state index in [0.717, 1.165) is 15.6 Å². The maximum absolute atomic E-state index is 12.3. The second kappa shape index (κ2) is 6.14. The zero-order valence-electron chi connectivity index (χ0n) is 11.0. The van der Waals surface area contributed by atoms with Crippen molar-refractivity contribution >= 4 is 27.3 Å². The Morgan fingerprint density at radius 3 is 2.47 bits per heavy atom. The summed E-state index contributed by atoms with van der Waals surface area (Å²) in [5, 5.41) is 8.72. The van der Waals surface area contributed by atoms with Gasteiger partial charge in [0, 0.05) is 20.6 Å². The molecule has 0 spiro atoms. The molecular weight excluding hydrogens is 286 g/mol. The minimum absolute atomic E-state index is 0.0810. The Bertz CT molecular complexity index is 599. The first-order chi connectivity index (χ1) is 8.82. The zero-order valence-corrected chi connectivity index (χ0v) is 12.6. The van der Waals surface area contributed by atoms with Crippen LogP contribution >= 0.6 is 11.3 Å². The van der Waals surface area contributed by atoms with E-state index < -0.39 is 10.0 Å². The lowest BCUT2D eigenvalue weighted by molar-refractivity contribution is -0.128. The molecule has 0 saturated carbocycles. The van der Waals surface area contributed by atoms with E-state index in [4.69, 9.17) is 5.26 Å². The molecule has 0 fully saturated rings. The molecule has 0 unspecified atom stereocenters. The Hall–Kier alpha value is -1.43. The summed E-state index contributed by atoms with van der Waals surface area (Å²) >= 11 is 0.903. The second-order valence-electron chi connectivity index (χ2n) is 3.95. The lowest BCUT2D eigenvalue weighted by Crippen LogP contribution is -2.39. The number of hydrogen-bond donors (Lipinski definition) is 0. The standard InChI is InChI=1S/C11H15N3O3S2/c1-4-14(8-10(15)13(2)3)19(16,17)11-6-5-9(7-12)18-11/h5-6H,4,8H2,1-3H3. The molecule has 0 N–H and O–H groups in total. The fraction of sp³-hybridized carbons (Fsp3) is 0.455. The molecule has 1 heterocycles. The number of carbonyl (C=O) groups excluding carboxylic acids is 1. The van der Waals surface area contributed by atoms with Crippen LogP contribution in [0.25, 0.3) is 0 Å². The number of carbonyl (C=O) groups is 1. The highest BCUT2D eigenvalue weighted by molar-refractivity contribution is 7.91. The predicted octanol–water partition coefficient (Wildman–Crippen LogP) is 0.719. The Morgan fingerprint density at radius 1 is 1.42 bits per heavy atom. The molecule has 1 aromatic rings. The van der Waals surface area contributed by atoms with Crippen molar-refractivity contribution in [3.8, 4) is 6.07 Å². The molecule has 0 bridgehead atoms. The molecule has 8 heteroatoms. The van der Waals surface area contributed by atoms with Gasteiger partial charge in [0.2, 0.25) is 5.91 Å². The fourth-order valence-corrected chi connectivity index (χ4v) is 3.96. The lowest BCUT2D eigenvalue weighted by Gasteiger charge is -2.20. The first-order valence-electron chi connectivity index (χ1n) is 5.53. The molecule has 0 aliphatic heterocycles. The third kappa shape index (κ3) is 3.53. The summed E-state index contributed by atoms with van der Waals surface area (Å²) in [6.45, 7) is 1.66. The molecule has 6 nitrogen and oxygen atoms in total. The van der Waals surface area contributed by atoms with Crippen molar-refractivity contribution in [3.63, 3.8) is 0 Å². The van der Waals surface area contributed by atoms with Crippen LogP contribution in [0.1, 0.15) is 11.8 Å². The fourth-order valence-electron chi connectivity index (χ4n) is 1.31. The number of likely N-dealkylation sites (N-methyl/N-ethyl adjacent to an activating group) is 2. The highest BCUT2D eigenvalue weighted by Crippen LogP contribution is 2.24. The van der Waals surface area contributed by atoms with Gasteiger partial charge in [-0.05, 0) is 12.1 Å². The lowest BCUT2D eigenvalue weighted by atomic mass is 10.5. The molecule has 1 amide bonds. The first kappa shape index (κ1) is 15.6. The molecule has 0 saturated heterocycles. The number of rotatable bonds is 5. The van der Waals surface area contributed by atoms with Crippen molar-refractivity contribution in [2.24, 2.45) is 0 Å². The van der Waals surface area contributed by atoms with E-state index in [9.17, 15) is 13.2 Å². The third-order valence-electron chi connectivity index (χ3n) is 2.45. The van der Waals surface area contributed by atoms with E-state index in [-0.39, 0.29) is 23.2 Å². The molecule has 0 atom stereocenters. The van der Waals surface area contributed by atoms with Gasteiger partial charge in [-0.15, -0.1) is 11.3 Å². The van der Waals surface area contributed by atoms with Crippen molar-refractivity contribution < 1.29 is 13.2 Å². The molecule has 0 aromatic carbocycles. The monoisotopic (exact) mass is 301 g/mol. The van der Waals surface area contributed by atoms with Gasteiger partial charge in [0.15, 0.2) is 0 Å². The van der Waals surface area contributed by atoms with Crippen LogP contribution in [0.15, 0.2) is 16.3 Å². The summed E-state index contributed by atoms with van der Waals surface area (Å²) in [5.74, 6) is -0.289. The maximum Gasteiger partial charge on any atom is 0.253 e. The Kier molecular flexibility index (Phi) is 5.05. The van der Waals surface area contributed by atoms with E-state index in [1.54, 1.807) is 21.0 Å². The van der Waals surface area contributed by atoms with Crippen LogP contribution in [-0.2, 0) is 14.8 Å². The average Bonchev–Trinajstić information content (AvgIpc) is 2.84. The van der Waals surface area contributed by atoms with E-state index in [2.05, 4.69) is 0 Å². The van der Waals surface area contributed by atoms with Gasteiger partial charge in [0.25, 0.3) is 10.0 Å². The van der Waals surface area contributed by atoms with Gasteiger partial charge >= 0.3 is 0 Å². The number of amides is 1. The van der Waals surface area contributed by atoms with Gasteiger partial charge in [-0.1, -0.05) is 6.92 Å². The van der Waals surface area contributed by atoms with Crippen molar-refractivity contribution in [1.82, 2.24) is 9.21 Å². The Labute approximate surface area is 116 Å². The Morgan fingerprint density at radius 2 is 2.05 bits per heavy atom. The van der Waals surface area contributed by atoms with Crippen molar-refractivity contribution in [2.45, 2.75) is 11.1 Å². The largest absolute Gasteiger partial charge is 0.348 e. The normalized spacial score (nSPS) is 11.3. The quantitative estimate of drug-likeness (QED) is 0.802. The van der Waals surface area contributed by atoms with Crippen molar-refractivity contribution in [2.75, 3.05) is 27.2 Å². The molecule has 19 heavy (non-hydrogen) atoms. The molecule has 104 valence electrons. The van der Waals surface area contributed by atoms with E-state index in [1.165, 1.54) is 17.0 Å². The number of sulfonamides is 1. The van der Waals surface area contributed by atoms with Crippen molar-refractivity contribution in [1.29, 1.82) is 5.26 Å². The van der Waals surface area contributed by atoms with Crippen LogP contribution < -0.4 is 0 Å². The second-order valence-corrected chi connectivity index (χ2v) is 7.20.